The summed E-state index contributed by atoms with van der Waals surface area (Å²) in [6.07, 6.45) is 0.857. The zero-order chi connectivity index (χ0) is 19.0. The van der Waals surface area contributed by atoms with E-state index in [0.29, 0.717) is 37.4 Å². The standard InChI is InChI=1S/C17H30N4O3S.ClH/c1-5-19-15-10-9-14(25(23,24)21(6-2)7-3)12-16(15)20-17(22)11-8-13(4)18;/h9-10,12-13,19H,5-8,11,18H2,1-4H3,(H,20,22);1H. The molecule has 0 heterocycles. The SMILES string of the molecule is CCNc1ccc(S(=O)(=O)N(CC)CC)cc1NC(=O)CCC(C)N.Cl. The van der Waals surface area contributed by atoms with Gasteiger partial charge in [0.1, 0.15) is 0 Å². The highest BCUT2D eigenvalue weighted by molar-refractivity contribution is 7.89. The molecule has 0 aliphatic heterocycles. The topological polar surface area (TPSA) is 105 Å². The molecule has 0 radical (unpaired) electrons. The zero-order valence-electron chi connectivity index (χ0n) is 15.9. The van der Waals surface area contributed by atoms with Crippen molar-refractivity contribution in [3.63, 3.8) is 0 Å². The molecule has 1 aromatic carbocycles. The molecule has 0 spiro atoms. The summed E-state index contributed by atoms with van der Waals surface area (Å²) in [6.45, 7) is 8.81. The molecule has 0 saturated carbocycles. The van der Waals surface area contributed by atoms with Crippen LogP contribution in [0.25, 0.3) is 0 Å². The van der Waals surface area contributed by atoms with Gasteiger partial charge >= 0.3 is 0 Å². The second-order valence-corrected chi connectivity index (χ2v) is 7.83. The summed E-state index contributed by atoms with van der Waals surface area (Å²) in [5, 5.41) is 5.93. The van der Waals surface area contributed by atoms with Gasteiger partial charge in [0.25, 0.3) is 0 Å². The molecule has 7 nitrogen and oxygen atoms in total. The predicted octanol–water partition coefficient (Wildman–Crippen LogP) is 2.64. The highest BCUT2D eigenvalue weighted by Gasteiger charge is 2.23. The number of halogens is 1. The number of carbonyl (C=O) groups is 1. The summed E-state index contributed by atoms with van der Waals surface area (Å²) in [6, 6.07) is 4.69. The molecular weight excluding hydrogens is 376 g/mol. The van der Waals surface area contributed by atoms with Crippen LogP contribution in [0.15, 0.2) is 23.1 Å². The second kappa shape index (κ2) is 11.4. The van der Waals surface area contributed by atoms with Crippen LogP contribution in [-0.4, -0.2) is 44.3 Å². The van der Waals surface area contributed by atoms with Crippen LogP contribution in [0.3, 0.4) is 0 Å². The third-order valence-corrected chi connectivity index (χ3v) is 5.85. The molecule has 0 aliphatic carbocycles. The van der Waals surface area contributed by atoms with Gasteiger partial charge in [-0.15, -0.1) is 12.4 Å². The molecule has 1 atom stereocenters. The van der Waals surface area contributed by atoms with Crippen molar-refractivity contribution in [2.75, 3.05) is 30.3 Å². The van der Waals surface area contributed by atoms with E-state index in [1.54, 1.807) is 26.0 Å². The lowest BCUT2D eigenvalue weighted by Gasteiger charge is -2.20. The summed E-state index contributed by atoms with van der Waals surface area (Å²) in [7, 11) is -3.58. The fraction of sp³-hybridized carbons (Fsp3) is 0.588. The van der Waals surface area contributed by atoms with Gasteiger partial charge in [0.05, 0.1) is 16.3 Å². The second-order valence-electron chi connectivity index (χ2n) is 5.89. The van der Waals surface area contributed by atoms with Gasteiger partial charge < -0.3 is 16.4 Å². The minimum Gasteiger partial charge on any atom is -0.384 e. The Morgan fingerprint density at radius 3 is 2.31 bits per heavy atom. The predicted molar refractivity (Wildman–Crippen MR) is 109 cm³/mol. The van der Waals surface area contributed by atoms with E-state index in [1.165, 1.54) is 10.4 Å². The molecule has 26 heavy (non-hydrogen) atoms. The summed E-state index contributed by atoms with van der Waals surface area (Å²) < 4.78 is 26.8. The van der Waals surface area contributed by atoms with Crippen LogP contribution in [0, 0.1) is 0 Å². The lowest BCUT2D eigenvalue weighted by Crippen LogP contribution is -2.30. The minimum absolute atomic E-state index is 0. The molecule has 1 amide bonds. The van der Waals surface area contributed by atoms with Gasteiger partial charge in [-0.2, -0.15) is 4.31 Å². The molecule has 4 N–H and O–H groups in total. The van der Waals surface area contributed by atoms with Crippen molar-refractivity contribution in [1.82, 2.24) is 4.31 Å². The quantitative estimate of drug-likeness (QED) is 0.554. The van der Waals surface area contributed by atoms with Crippen LogP contribution in [0.1, 0.15) is 40.5 Å². The van der Waals surface area contributed by atoms with Crippen LogP contribution in [0.2, 0.25) is 0 Å². The number of hydrogen-bond acceptors (Lipinski definition) is 5. The fourth-order valence-corrected chi connectivity index (χ4v) is 3.90. The maximum Gasteiger partial charge on any atom is 0.243 e. The Bertz CT molecular complexity index is 677. The van der Waals surface area contributed by atoms with E-state index >= 15 is 0 Å². The molecule has 9 heteroatoms. The number of nitrogens with two attached hydrogens (primary N) is 1. The summed E-state index contributed by atoms with van der Waals surface area (Å²) in [4.78, 5) is 12.3. The Morgan fingerprint density at radius 1 is 1.19 bits per heavy atom. The lowest BCUT2D eigenvalue weighted by atomic mass is 10.2. The maximum atomic E-state index is 12.7. The number of amides is 1. The molecule has 1 rings (SSSR count). The van der Waals surface area contributed by atoms with E-state index in [1.807, 2.05) is 13.8 Å². The van der Waals surface area contributed by atoms with Crippen molar-refractivity contribution < 1.29 is 13.2 Å². The number of anilines is 2. The number of nitrogens with zero attached hydrogens (tertiary/aromatic N) is 1. The van der Waals surface area contributed by atoms with Crippen LogP contribution in [0.4, 0.5) is 11.4 Å². The monoisotopic (exact) mass is 406 g/mol. The highest BCUT2D eigenvalue weighted by Crippen LogP contribution is 2.27. The molecule has 150 valence electrons. The third-order valence-electron chi connectivity index (χ3n) is 3.80. The van der Waals surface area contributed by atoms with Crippen LogP contribution in [-0.2, 0) is 14.8 Å². The first-order valence-electron chi connectivity index (χ1n) is 8.69. The summed E-state index contributed by atoms with van der Waals surface area (Å²) in [5.41, 5.74) is 6.83. The van der Waals surface area contributed by atoms with Crippen LogP contribution < -0.4 is 16.4 Å². The van der Waals surface area contributed by atoms with Crippen LogP contribution >= 0.6 is 12.4 Å². The number of hydrogen-bond donors (Lipinski definition) is 3. The Hall–Kier alpha value is -1.35. The van der Waals surface area contributed by atoms with Crippen molar-refractivity contribution in [2.24, 2.45) is 5.73 Å². The van der Waals surface area contributed by atoms with E-state index in [-0.39, 0.29) is 35.7 Å². The van der Waals surface area contributed by atoms with Gasteiger partial charge in [-0.25, -0.2) is 8.42 Å². The number of sulfonamides is 1. The van der Waals surface area contributed by atoms with E-state index in [4.69, 9.17) is 5.73 Å². The van der Waals surface area contributed by atoms with Gasteiger partial charge in [0, 0.05) is 32.1 Å². The van der Waals surface area contributed by atoms with E-state index in [9.17, 15) is 13.2 Å². The highest BCUT2D eigenvalue weighted by atomic mass is 35.5. The van der Waals surface area contributed by atoms with Gasteiger partial charge in [-0.1, -0.05) is 13.8 Å². The zero-order valence-corrected chi connectivity index (χ0v) is 17.5. The van der Waals surface area contributed by atoms with E-state index in [0.717, 1.165) is 0 Å². The molecule has 0 bridgehead atoms. The Kier molecular flexibility index (Phi) is 10.8. The molecule has 0 aliphatic rings. The molecule has 0 fully saturated rings. The molecule has 0 aromatic heterocycles. The lowest BCUT2D eigenvalue weighted by molar-refractivity contribution is -0.116. The Balaban J connectivity index is 0.00000625. The Labute approximate surface area is 163 Å². The van der Waals surface area contributed by atoms with E-state index < -0.39 is 10.0 Å². The normalized spacial score (nSPS) is 12.4. The van der Waals surface area contributed by atoms with Gasteiger partial charge in [0.15, 0.2) is 0 Å². The van der Waals surface area contributed by atoms with Crippen molar-refractivity contribution in [1.29, 1.82) is 0 Å². The molecule has 1 aromatic rings. The Morgan fingerprint density at radius 2 is 1.81 bits per heavy atom. The van der Waals surface area contributed by atoms with E-state index in [2.05, 4.69) is 10.6 Å². The number of carbonyl (C=O) groups excluding carboxylic acids is 1. The largest absolute Gasteiger partial charge is 0.384 e. The fourth-order valence-electron chi connectivity index (χ4n) is 2.42. The maximum absolute atomic E-state index is 12.7. The van der Waals surface area contributed by atoms with Gasteiger partial charge in [-0.3, -0.25) is 4.79 Å². The molecular formula is C17H31ClN4O3S. The molecule has 0 saturated heterocycles. The third kappa shape index (κ3) is 6.75. The van der Waals surface area contributed by atoms with Crippen molar-refractivity contribution in [2.45, 2.75) is 51.5 Å². The van der Waals surface area contributed by atoms with Crippen molar-refractivity contribution >= 4 is 39.7 Å². The first kappa shape index (κ1) is 24.7. The smallest absolute Gasteiger partial charge is 0.243 e. The average Bonchev–Trinajstić information content (AvgIpc) is 2.55. The molecule has 1 unspecified atom stereocenters. The first-order chi connectivity index (χ1) is 11.8. The summed E-state index contributed by atoms with van der Waals surface area (Å²) in [5.74, 6) is -0.186. The first-order valence-corrected chi connectivity index (χ1v) is 10.1. The average molecular weight is 407 g/mol. The van der Waals surface area contributed by atoms with Crippen molar-refractivity contribution in [3.05, 3.63) is 18.2 Å². The minimum atomic E-state index is -3.58. The van der Waals surface area contributed by atoms with Crippen LogP contribution in [0.5, 0.6) is 0 Å². The van der Waals surface area contributed by atoms with Gasteiger partial charge in [0.2, 0.25) is 15.9 Å². The van der Waals surface area contributed by atoms with Crippen molar-refractivity contribution in [3.8, 4) is 0 Å². The number of benzene rings is 1. The number of rotatable bonds is 10. The van der Waals surface area contributed by atoms with Gasteiger partial charge in [-0.05, 0) is 38.5 Å². The summed E-state index contributed by atoms with van der Waals surface area (Å²) >= 11 is 0. The number of nitrogens with one attached hydrogen (secondary N) is 2.